The second-order valence-electron chi connectivity index (χ2n) is 10.4. The summed E-state index contributed by atoms with van der Waals surface area (Å²) in [6.07, 6.45) is 20.7. The van der Waals surface area contributed by atoms with E-state index >= 15 is 0 Å². The van der Waals surface area contributed by atoms with Crippen molar-refractivity contribution in [1.29, 1.82) is 0 Å². The molecule has 0 bridgehead atoms. The third-order valence-corrected chi connectivity index (χ3v) is 7.07. The fourth-order valence-electron chi connectivity index (χ4n) is 4.82. The third kappa shape index (κ3) is 11.6. The second kappa shape index (κ2) is 18.3. The number of hydrogen-bond donors (Lipinski definition) is 0. The maximum atomic E-state index is 11.6. The zero-order chi connectivity index (χ0) is 27.6. The van der Waals surface area contributed by atoms with Crippen molar-refractivity contribution < 1.29 is 14.6 Å². The Morgan fingerprint density at radius 2 is 1.16 bits per heavy atom. The Hall–Kier alpha value is -2.96. The Morgan fingerprint density at radius 3 is 1.66 bits per heavy atom. The lowest BCUT2D eigenvalue weighted by Crippen LogP contribution is -2.01. The fourth-order valence-corrected chi connectivity index (χ4v) is 4.82. The molecule has 7 heteroatoms. The van der Waals surface area contributed by atoms with Crippen molar-refractivity contribution in [3.63, 3.8) is 0 Å². The fraction of sp³-hybridized carbons (Fsp3) is 0.613. The van der Waals surface area contributed by atoms with E-state index in [9.17, 15) is 20.2 Å². The number of hydrogen-bond acceptors (Lipinski definition) is 5. The molecule has 0 fully saturated rings. The molecule has 2 aromatic rings. The lowest BCUT2D eigenvalue weighted by Gasteiger charge is -2.13. The number of unbranched alkanes of at least 4 members (excludes halogenated alkanes) is 15. The van der Waals surface area contributed by atoms with Crippen molar-refractivity contribution in [2.45, 2.75) is 117 Å². The van der Waals surface area contributed by atoms with Gasteiger partial charge in [-0.3, -0.25) is 20.2 Å². The normalized spacial score (nSPS) is 11.0. The van der Waals surface area contributed by atoms with Crippen LogP contribution in [0.1, 0.15) is 115 Å². The van der Waals surface area contributed by atoms with E-state index < -0.39 is 9.85 Å². The monoisotopic (exact) mass is 526 g/mol. The summed E-state index contributed by atoms with van der Waals surface area (Å²) in [7, 11) is 0. The quantitative estimate of drug-likeness (QED) is 0.0915. The van der Waals surface area contributed by atoms with Crippen LogP contribution in [0.3, 0.4) is 0 Å². The van der Waals surface area contributed by atoms with Crippen molar-refractivity contribution >= 4 is 11.4 Å². The molecule has 2 rings (SSSR count). The molecule has 210 valence electrons. The first-order chi connectivity index (χ1) is 18.4. The number of nitro benzene ring substituents is 2. The highest BCUT2D eigenvalue weighted by Gasteiger charge is 2.21. The van der Waals surface area contributed by atoms with Crippen molar-refractivity contribution in [2.24, 2.45) is 0 Å². The van der Waals surface area contributed by atoms with Crippen LogP contribution in [-0.4, -0.2) is 16.5 Å². The van der Waals surface area contributed by atoms with Crippen LogP contribution in [0.4, 0.5) is 11.4 Å². The molecule has 0 radical (unpaired) electrons. The number of aryl methyl sites for hydroxylation is 1. The largest absolute Gasteiger partial charge is 0.493 e. The summed E-state index contributed by atoms with van der Waals surface area (Å²) in [4.78, 5) is 22.0. The van der Waals surface area contributed by atoms with Gasteiger partial charge in [0.1, 0.15) is 5.75 Å². The minimum atomic E-state index is -0.496. The van der Waals surface area contributed by atoms with E-state index in [2.05, 4.69) is 6.92 Å². The highest BCUT2D eigenvalue weighted by molar-refractivity contribution is 5.80. The van der Waals surface area contributed by atoms with Crippen LogP contribution >= 0.6 is 0 Å². The molecule has 0 heterocycles. The Labute approximate surface area is 228 Å². The minimum absolute atomic E-state index is 0.0941. The molecule has 0 spiro atoms. The maximum absolute atomic E-state index is 11.6. The molecule has 0 aliphatic heterocycles. The zero-order valence-corrected chi connectivity index (χ0v) is 23.4. The summed E-state index contributed by atoms with van der Waals surface area (Å²) in [5.74, 6) is 0.435. The molecule has 0 saturated carbocycles. The van der Waals surface area contributed by atoms with Gasteiger partial charge in [-0.25, -0.2) is 0 Å². The first-order valence-electron chi connectivity index (χ1n) is 14.6. The average Bonchev–Trinajstić information content (AvgIpc) is 2.90. The van der Waals surface area contributed by atoms with Gasteiger partial charge < -0.3 is 4.74 Å². The van der Waals surface area contributed by atoms with E-state index in [0.29, 0.717) is 23.5 Å². The Balaban J connectivity index is 1.68. The predicted molar refractivity (Wildman–Crippen MR) is 155 cm³/mol. The molecular formula is C31H46N2O5. The standard InChI is InChI=1S/C31H46N2O5/c1-3-4-5-6-7-8-9-10-11-12-13-14-15-16-17-18-23-38-31-22-20-27(32(34)35)25-29(31)28-24-26(2)19-21-30(28)33(36)37/h19-22,24-25H,3-18,23H2,1-2H3. The van der Waals surface area contributed by atoms with Gasteiger partial charge in [-0.05, 0) is 25.5 Å². The van der Waals surface area contributed by atoms with Crippen LogP contribution in [0.25, 0.3) is 11.1 Å². The maximum Gasteiger partial charge on any atom is 0.277 e. The summed E-state index contributed by atoms with van der Waals surface area (Å²) < 4.78 is 5.97. The van der Waals surface area contributed by atoms with E-state index in [1.165, 1.54) is 102 Å². The Kier molecular flexibility index (Phi) is 15.1. The molecule has 7 nitrogen and oxygen atoms in total. The van der Waals surface area contributed by atoms with Crippen LogP contribution in [0.5, 0.6) is 5.75 Å². The number of ether oxygens (including phenoxy) is 1. The number of nitrogens with zero attached hydrogens (tertiary/aromatic N) is 2. The molecule has 38 heavy (non-hydrogen) atoms. The molecule has 0 amide bonds. The summed E-state index contributed by atoms with van der Waals surface area (Å²) in [6.45, 7) is 4.57. The van der Waals surface area contributed by atoms with E-state index in [1.807, 2.05) is 6.92 Å². The third-order valence-electron chi connectivity index (χ3n) is 7.07. The van der Waals surface area contributed by atoms with Gasteiger partial charge in [-0.2, -0.15) is 0 Å². The predicted octanol–water partition coefficient (Wildman–Crippen LogP) is 10.1. The molecule has 0 aliphatic rings. The van der Waals surface area contributed by atoms with Gasteiger partial charge >= 0.3 is 0 Å². The summed E-state index contributed by atoms with van der Waals surface area (Å²) >= 11 is 0. The molecule has 2 aromatic carbocycles. The second-order valence-corrected chi connectivity index (χ2v) is 10.4. The van der Waals surface area contributed by atoms with E-state index in [4.69, 9.17) is 4.74 Å². The Bertz CT molecular complexity index is 992. The topological polar surface area (TPSA) is 95.5 Å². The average molecular weight is 527 g/mol. The summed E-state index contributed by atoms with van der Waals surface area (Å²) in [6, 6.07) is 9.07. The molecule has 0 aromatic heterocycles. The van der Waals surface area contributed by atoms with Crippen molar-refractivity contribution in [1.82, 2.24) is 0 Å². The smallest absolute Gasteiger partial charge is 0.277 e. The van der Waals surface area contributed by atoms with Crippen molar-refractivity contribution in [3.8, 4) is 16.9 Å². The SMILES string of the molecule is CCCCCCCCCCCCCCCCCCOc1ccc([N+](=O)[O-])cc1-c1cc(C)ccc1[N+](=O)[O-]. The lowest BCUT2D eigenvalue weighted by molar-refractivity contribution is -0.385. The van der Waals surface area contributed by atoms with Gasteiger partial charge in [0, 0.05) is 23.8 Å². The molecule has 0 N–H and O–H groups in total. The summed E-state index contributed by atoms with van der Waals surface area (Å²) in [5.41, 5.74) is 1.33. The van der Waals surface area contributed by atoms with Crippen LogP contribution in [-0.2, 0) is 0 Å². The van der Waals surface area contributed by atoms with Crippen LogP contribution in [0.15, 0.2) is 36.4 Å². The number of rotatable bonds is 21. The molecule has 0 unspecified atom stereocenters. The van der Waals surface area contributed by atoms with Gasteiger partial charge in [-0.1, -0.05) is 115 Å². The van der Waals surface area contributed by atoms with E-state index in [0.717, 1.165) is 24.8 Å². The van der Waals surface area contributed by atoms with E-state index in [1.54, 1.807) is 18.2 Å². The van der Waals surface area contributed by atoms with Crippen molar-refractivity contribution in [3.05, 3.63) is 62.2 Å². The lowest BCUT2D eigenvalue weighted by atomic mass is 10.00. The van der Waals surface area contributed by atoms with Gasteiger partial charge in [0.05, 0.1) is 22.0 Å². The zero-order valence-electron chi connectivity index (χ0n) is 23.4. The van der Waals surface area contributed by atoms with Gasteiger partial charge in [0.15, 0.2) is 0 Å². The first kappa shape index (κ1) is 31.3. The molecule has 0 saturated heterocycles. The molecular weight excluding hydrogens is 480 g/mol. The highest BCUT2D eigenvalue weighted by Crippen LogP contribution is 2.39. The van der Waals surface area contributed by atoms with Crippen LogP contribution in [0.2, 0.25) is 0 Å². The molecule has 0 atom stereocenters. The highest BCUT2D eigenvalue weighted by atomic mass is 16.6. The van der Waals surface area contributed by atoms with Gasteiger partial charge in [0.2, 0.25) is 0 Å². The summed E-state index contributed by atoms with van der Waals surface area (Å²) in [5, 5.41) is 22.9. The number of benzene rings is 2. The van der Waals surface area contributed by atoms with Crippen molar-refractivity contribution in [2.75, 3.05) is 6.61 Å². The number of nitro groups is 2. The molecule has 0 aliphatic carbocycles. The van der Waals surface area contributed by atoms with E-state index in [-0.39, 0.29) is 11.4 Å². The first-order valence-corrected chi connectivity index (χ1v) is 14.6. The van der Waals surface area contributed by atoms with Crippen LogP contribution in [0, 0.1) is 27.2 Å². The number of non-ortho nitro benzene ring substituents is 1. The van der Waals surface area contributed by atoms with Crippen LogP contribution < -0.4 is 4.74 Å². The minimum Gasteiger partial charge on any atom is -0.493 e. The van der Waals surface area contributed by atoms with Gasteiger partial charge in [-0.15, -0.1) is 0 Å². The van der Waals surface area contributed by atoms with Gasteiger partial charge in [0.25, 0.3) is 11.4 Å². The Morgan fingerprint density at radius 1 is 0.632 bits per heavy atom.